The number of rotatable bonds is 1. The van der Waals surface area contributed by atoms with Crippen LogP contribution in [0.5, 0.6) is 11.5 Å². The first-order valence-corrected chi connectivity index (χ1v) is 5.39. The largest absolute Gasteiger partial charge is 0.486 e. The zero-order valence-corrected chi connectivity index (χ0v) is 8.97. The van der Waals surface area contributed by atoms with Crippen molar-refractivity contribution in [2.24, 2.45) is 0 Å². The summed E-state index contributed by atoms with van der Waals surface area (Å²) in [5.74, 6) is -0.414. The number of hydrogen-bond donors (Lipinski definition) is 0. The van der Waals surface area contributed by atoms with E-state index in [0.29, 0.717) is 30.3 Å². The van der Waals surface area contributed by atoms with Gasteiger partial charge in [-0.05, 0) is 6.07 Å². The van der Waals surface area contributed by atoms with Gasteiger partial charge in [0.05, 0.1) is 12.3 Å². The van der Waals surface area contributed by atoms with Gasteiger partial charge in [-0.2, -0.15) is 0 Å². The fourth-order valence-electron chi connectivity index (χ4n) is 2.08. The standard InChI is InChI=1S/C12H10O5/c13-10-6-8(12(14)17-10)7-2-1-3-9-11(7)16-5-4-15-9/h1-3,8H,4-6H2. The molecular formula is C12H10O5. The van der Waals surface area contributed by atoms with Crippen LogP contribution < -0.4 is 9.47 Å². The van der Waals surface area contributed by atoms with Crippen molar-refractivity contribution in [2.75, 3.05) is 13.2 Å². The Morgan fingerprint density at radius 3 is 2.71 bits per heavy atom. The summed E-state index contributed by atoms with van der Waals surface area (Å²) < 4.78 is 15.5. The second-order valence-corrected chi connectivity index (χ2v) is 3.92. The van der Waals surface area contributed by atoms with Gasteiger partial charge in [0.25, 0.3) is 0 Å². The number of ether oxygens (including phenoxy) is 3. The molecule has 0 amide bonds. The van der Waals surface area contributed by atoms with Crippen LogP contribution in [0, 0.1) is 0 Å². The highest BCUT2D eigenvalue weighted by Gasteiger charge is 2.37. The molecule has 1 fully saturated rings. The fraction of sp³-hybridized carbons (Fsp3) is 0.333. The Morgan fingerprint density at radius 2 is 1.94 bits per heavy atom. The van der Waals surface area contributed by atoms with Gasteiger partial charge in [-0.1, -0.05) is 12.1 Å². The second-order valence-electron chi connectivity index (χ2n) is 3.92. The van der Waals surface area contributed by atoms with Crippen molar-refractivity contribution in [1.29, 1.82) is 0 Å². The Labute approximate surface area is 97.3 Å². The smallest absolute Gasteiger partial charge is 0.321 e. The number of hydrogen-bond acceptors (Lipinski definition) is 5. The Balaban J connectivity index is 2.03. The highest BCUT2D eigenvalue weighted by atomic mass is 16.6. The summed E-state index contributed by atoms with van der Waals surface area (Å²) in [6, 6.07) is 5.32. The molecule has 88 valence electrons. The number of esters is 2. The molecule has 1 saturated heterocycles. The molecule has 0 aliphatic carbocycles. The van der Waals surface area contributed by atoms with E-state index in [1.54, 1.807) is 18.2 Å². The van der Waals surface area contributed by atoms with Crippen LogP contribution in [0.2, 0.25) is 0 Å². The average molecular weight is 234 g/mol. The van der Waals surface area contributed by atoms with Gasteiger partial charge >= 0.3 is 11.9 Å². The molecule has 2 aliphatic rings. The summed E-state index contributed by atoms with van der Waals surface area (Å²) in [6.07, 6.45) is 0.0681. The van der Waals surface area contributed by atoms with E-state index >= 15 is 0 Å². The fourth-order valence-corrected chi connectivity index (χ4v) is 2.08. The van der Waals surface area contributed by atoms with Crippen molar-refractivity contribution >= 4 is 11.9 Å². The molecule has 0 bridgehead atoms. The molecule has 0 spiro atoms. The SMILES string of the molecule is O=C1CC(c2cccc3c2OCCO3)C(=O)O1. The summed E-state index contributed by atoms with van der Waals surface area (Å²) in [4.78, 5) is 22.6. The molecule has 1 aromatic carbocycles. The molecule has 2 heterocycles. The van der Waals surface area contributed by atoms with E-state index in [1.165, 1.54) is 0 Å². The van der Waals surface area contributed by atoms with Crippen molar-refractivity contribution in [3.05, 3.63) is 23.8 Å². The molecule has 0 N–H and O–H groups in total. The lowest BCUT2D eigenvalue weighted by Crippen LogP contribution is -2.18. The van der Waals surface area contributed by atoms with Gasteiger partial charge in [0.1, 0.15) is 13.2 Å². The number of cyclic esters (lactones) is 2. The zero-order valence-electron chi connectivity index (χ0n) is 8.97. The molecule has 3 rings (SSSR count). The van der Waals surface area contributed by atoms with E-state index in [0.717, 1.165) is 0 Å². The van der Waals surface area contributed by atoms with Gasteiger partial charge in [-0.3, -0.25) is 9.59 Å². The summed E-state index contributed by atoms with van der Waals surface area (Å²) in [5, 5.41) is 0. The lowest BCUT2D eigenvalue weighted by molar-refractivity contribution is -0.152. The lowest BCUT2D eigenvalue weighted by Gasteiger charge is -2.21. The number of carbonyl (C=O) groups is 2. The normalized spacial score (nSPS) is 22.5. The van der Waals surface area contributed by atoms with Crippen LogP contribution in [0.3, 0.4) is 0 Å². The Morgan fingerprint density at radius 1 is 1.12 bits per heavy atom. The molecule has 1 atom stereocenters. The minimum Gasteiger partial charge on any atom is -0.486 e. The van der Waals surface area contributed by atoms with E-state index in [-0.39, 0.29) is 6.42 Å². The molecule has 0 saturated carbocycles. The molecule has 5 heteroatoms. The summed E-state index contributed by atoms with van der Waals surface area (Å²) in [7, 11) is 0. The van der Waals surface area contributed by atoms with E-state index in [1.807, 2.05) is 0 Å². The van der Waals surface area contributed by atoms with Gasteiger partial charge in [0.2, 0.25) is 0 Å². The van der Waals surface area contributed by atoms with Crippen LogP contribution in [0.1, 0.15) is 17.9 Å². The number of carbonyl (C=O) groups excluding carboxylic acids is 2. The van der Waals surface area contributed by atoms with Crippen LogP contribution in [0.4, 0.5) is 0 Å². The summed E-state index contributed by atoms with van der Waals surface area (Å²) in [5.41, 5.74) is 0.665. The average Bonchev–Trinajstić information content (AvgIpc) is 2.68. The molecule has 17 heavy (non-hydrogen) atoms. The molecule has 1 unspecified atom stereocenters. The van der Waals surface area contributed by atoms with Gasteiger partial charge in [-0.15, -0.1) is 0 Å². The highest BCUT2D eigenvalue weighted by Crippen LogP contribution is 2.40. The van der Waals surface area contributed by atoms with Crippen LogP contribution in [0.15, 0.2) is 18.2 Å². The maximum Gasteiger partial charge on any atom is 0.321 e. The van der Waals surface area contributed by atoms with Crippen LogP contribution in [-0.4, -0.2) is 25.2 Å². The number of benzene rings is 1. The van der Waals surface area contributed by atoms with Crippen LogP contribution in [0.25, 0.3) is 0 Å². The van der Waals surface area contributed by atoms with Crippen molar-refractivity contribution in [3.8, 4) is 11.5 Å². The number of para-hydroxylation sites is 1. The minimum atomic E-state index is -0.570. The van der Waals surface area contributed by atoms with Gasteiger partial charge in [0, 0.05) is 5.56 Å². The third-order valence-electron chi connectivity index (χ3n) is 2.84. The van der Waals surface area contributed by atoms with Crippen molar-refractivity contribution in [2.45, 2.75) is 12.3 Å². The maximum atomic E-state index is 11.5. The first-order valence-electron chi connectivity index (χ1n) is 5.39. The van der Waals surface area contributed by atoms with E-state index in [4.69, 9.17) is 9.47 Å². The van der Waals surface area contributed by atoms with Crippen molar-refractivity contribution < 1.29 is 23.8 Å². The van der Waals surface area contributed by atoms with E-state index in [9.17, 15) is 9.59 Å². The molecule has 2 aliphatic heterocycles. The maximum absolute atomic E-state index is 11.5. The quantitative estimate of drug-likeness (QED) is 0.536. The summed E-state index contributed by atoms with van der Waals surface area (Å²) in [6.45, 7) is 0.935. The third-order valence-corrected chi connectivity index (χ3v) is 2.84. The molecular weight excluding hydrogens is 224 g/mol. The molecule has 1 aromatic rings. The molecule has 0 aromatic heterocycles. The third kappa shape index (κ3) is 1.63. The van der Waals surface area contributed by atoms with Gasteiger partial charge in [0.15, 0.2) is 11.5 Å². The van der Waals surface area contributed by atoms with Crippen LogP contribution in [-0.2, 0) is 14.3 Å². The van der Waals surface area contributed by atoms with E-state index in [2.05, 4.69) is 4.74 Å². The minimum absolute atomic E-state index is 0.0681. The Hall–Kier alpha value is -2.04. The monoisotopic (exact) mass is 234 g/mol. The second kappa shape index (κ2) is 3.76. The Kier molecular flexibility index (Phi) is 2.24. The lowest BCUT2D eigenvalue weighted by atomic mass is 9.96. The van der Waals surface area contributed by atoms with Gasteiger partial charge < -0.3 is 14.2 Å². The summed E-state index contributed by atoms with van der Waals surface area (Å²) >= 11 is 0. The first-order chi connectivity index (χ1) is 8.25. The molecule has 0 radical (unpaired) electrons. The number of fused-ring (bicyclic) bond motifs is 1. The van der Waals surface area contributed by atoms with Gasteiger partial charge in [-0.25, -0.2) is 0 Å². The van der Waals surface area contributed by atoms with Crippen LogP contribution >= 0.6 is 0 Å². The first kappa shape index (κ1) is 10.1. The predicted molar refractivity (Wildman–Crippen MR) is 55.9 cm³/mol. The van der Waals surface area contributed by atoms with Crippen molar-refractivity contribution in [3.63, 3.8) is 0 Å². The Bertz CT molecular complexity index is 494. The highest BCUT2D eigenvalue weighted by molar-refractivity contribution is 5.98. The zero-order chi connectivity index (χ0) is 11.8. The predicted octanol–water partition coefficient (Wildman–Crippen LogP) is 1.01. The van der Waals surface area contributed by atoms with E-state index < -0.39 is 17.9 Å². The van der Waals surface area contributed by atoms with Crippen molar-refractivity contribution in [1.82, 2.24) is 0 Å². The molecule has 5 nitrogen and oxygen atoms in total. The topological polar surface area (TPSA) is 61.8 Å².